The zero-order chi connectivity index (χ0) is 18.0. The second-order valence-corrected chi connectivity index (χ2v) is 5.78. The highest BCUT2D eigenvalue weighted by Crippen LogP contribution is 2.28. The summed E-state index contributed by atoms with van der Waals surface area (Å²) < 4.78 is 5.50. The van der Waals surface area contributed by atoms with E-state index in [1.807, 2.05) is 0 Å². The molecule has 0 aliphatic carbocycles. The molecular weight excluding hydrogens is 369 g/mol. The van der Waals surface area contributed by atoms with Crippen LogP contribution in [0.15, 0.2) is 47.0 Å². The molecule has 0 radical (unpaired) electrons. The van der Waals surface area contributed by atoms with Gasteiger partial charge in [0.05, 0.1) is 10.5 Å². The van der Waals surface area contributed by atoms with Crippen LogP contribution in [0, 0.1) is 10.1 Å². The van der Waals surface area contributed by atoms with E-state index in [4.69, 9.17) is 27.6 Å². The van der Waals surface area contributed by atoms with Crippen molar-refractivity contribution in [3.8, 4) is 0 Å². The van der Waals surface area contributed by atoms with Gasteiger partial charge in [0.2, 0.25) is 5.89 Å². The maximum atomic E-state index is 11.4. The first-order valence-electron chi connectivity index (χ1n) is 6.90. The van der Waals surface area contributed by atoms with Gasteiger partial charge in [-0.25, -0.2) is 4.98 Å². The van der Waals surface area contributed by atoms with E-state index in [9.17, 15) is 14.9 Å². The molecule has 7 nitrogen and oxygen atoms in total. The van der Waals surface area contributed by atoms with Crippen LogP contribution in [0.4, 0.5) is 11.4 Å². The van der Waals surface area contributed by atoms with Gasteiger partial charge in [-0.2, -0.15) is 0 Å². The number of carbonyl (C=O) groups excluding carboxylic acids is 1. The summed E-state index contributed by atoms with van der Waals surface area (Å²) in [6.45, 7) is 0. The molecule has 0 amide bonds. The number of hydrogen-bond acceptors (Lipinski definition) is 6. The number of nitro groups is 1. The Labute approximate surface area is 151 Å². The standard InChI is InChI=1S/C16H9Cl2N3O4/c17-10-2-4-15-13(5-10)20-16(25-15)9(8-22)7-19-12-3-1-11(18)6-14(12)21(23)24/h1-8,19H/b9-7-. The summed E-state index contributed by atoms with van der Waals surface area (Å²) in [4.78, 5) is 26.0. The number of nitro benzene ring substituents is 1. The zero-order valence-electron chi connectivity index (χ0n) is 12.4. The number of benzene rings is 2. The third-order valence-electron chi connectivity index (χ3n) is 3.26. The molecule has 0 saturated heterocycles. The Morgan fingerprint density at radius 2 is 1.92 bits per heavy atom. The van der Waals surface area contributed by atoms with Gasteiger partial charge < -0.3 is 9.73 Å². The molecule has 0 unspecified atom stereocenters. The summed E-state index contributed by atoms with van der Waals surface area (Å²) in [5.74, 6) is 0.0661. The van der Waals surface area contributed by atoms with Crippen LogP contribution >= 0.6 is 23.2 Å². The Bertz CT molecular complexity index is 1010. The van der Waals surface area contributed by atoms with E-state index in [0.29, 0.717) is 22.4 Å². The molecule has 1 N–H and O–H groups in total. The van der Waals surface area contributed by atoms with Crippen LogP contribution in [0.5, 0.6) is 0 Å². The summed E-state index contributed by atoms with van der Waals surface area (Å²) in [5, 5.41) is 14.5. The van der Waals surface area contributed by atoms with Crippen LogP contribution in [0.3, 0.4) is 0 Å². The van der Waals surface area contributed by atoms with Crippen molar-refractivity contribution in [1.29, 1.82) is 0 Å². The lowest BCUT2D eigenvalue weighted by molar-refractivity contribution is -0.383. The molecule has 3 rings (SSSR count). The molecule has 2 aromatic carbocycles. The molecule has 0 saturated carbocycles. The lowest BCUT2D eigenvalue weighted by Crippen LogP contribution is -1.98. The molecule has 0 aliphatic heterocycles. The first-order chi connectivity index (χ1) is 12.0. The number of aromatic nitrogens is 1. The first kappa shape index (κ1) is 16.9. The van der Waals surface area contributed by atoms with E-state index in [2.05, 4.69) is 10.3 Å². The number of rotatable bonds is 5. The van der Waals surface area contributed by atoms with Crippen LogP contribution in [-0.4, -0.2) is 16.2 Å². The minimum absolute atomic E-state index is 0.0661. The Morgan fingerprint density at radius 3 is 2.64 bits per heavy atom. The smallest absolute Gasteiger partial charge is 0.294 e. The van der Waals surface area contributed by atoms with Gasteiger partial charge in [0, 0.05) is 22.3 Å². The number of nitrogens with zero attached hydrogens (tertiary/aromatic N) is 2. The molecule has 3 aromatic rings. The largest absolute Gasteiger partial charge is 0.436 e. The van der Waals surface area contributed by atoms with Gasteiger partial charge in [-0.05, 0) is 30.3 Å². The van der Waals surface area contributed by atoms with E-state index >= 15 is 0 Å². The fourth-order valence-corrected chi connectivity index (χ4v) is 2.44. The summed E-state index contributed by atoms with van der Waals surface area (Å²) in [6.07, 6.45) is 1.80. The number of allylic oxidation sites excluding steroid dienone is 1. The quantitative estimate of drug-likeness (QED) is 0.299. The van der Waals surface area contributed by atoms with Crippen molar-refractivity contribution < 1.29 is 14.1 Å². The van der Waals surface area contributed by atoms with Crippen molar-refractivity contribution in [3.63, 3.8) is 0 Å². The molecule has 0 aliphatic rings. The number of hydrogen-bond donors (Lipinski definition) is 1. The molecular formula is C16H9Cl2N3O4. The Morgan fingerprint density at radius 1 is 1.20 bits per heavy atom. The van der Waals surface area contributed by atoms with Crippen LogP contribution < -0.4 is 5.32 Å². The highest BCUT2D eigenvalue weighted by Gasteiger charge is 2.15. The molecule has 0 bridgehead atoms. The summed E-state index contributed by atoms with van der Waals surface area (Å²) in [7, 11) is 0. The summed E-state index contributed by atoms with van der Waals surface area (Å²) in [5.41, 5.74) is 0.986. The summed E-state index contributed by atoms with van der Waals surface area (Å²) >= 11 is 11.7. The van der Waals surface area contributed by atoms with Crippen molar-refractivity contribution in [2.45, 2.75) is 0 Å². The monoisotopic (exact) mass is 377 g/mol. The van der Waals surface area contributed by atoms with E-state index in [-0.39, 0.29) is 27.9 Å². The first-order valence-corrected chi connectivity index (χ1v) is 7.66. The molecule has 1 heterocycles. The zero-order valence-corrected chi connectivity index (χ0v) is 13.9. The van der Waals surface area contributed by atoms with Gasteiger partial charge in [0.15, 0.2) is 11.9 Å². The highest BCUT2D eigenvalue weighted by molar-refractivity contribution is 6.31. The fraction of sp³-hybridized carbons (Fsp3) is 0. The van der Waals surface area contributed by atoms with Crippen molar-refractivity contribution in [2.75, 3.05) is 5.32 Å². The predicted molar refractivity (Wildman–Crippen MR) is 94.8 cm³/mol. The number of anilines is 1. The number of carbonyl (C=O) groups is 1. The molecule has 1 aromatic heterocycles. The SMILES string of the molecule is O=C/C(=C/Nc1ccc(Cl)cc1[N+](=O)[O-])c1nc2cc(Cl)ccc2o1. The number of oxazole rings is 1. The van der Waals surface area contributed by atoms with E-state index in [1.165, 1.54) is 24.4 Å². The van der Waals surface area contributed by atoms with Crippen LogP contribution in [0.25, 0.3) is 16.7 Å². The molecule has 126 valence electrons. The highest BCUT2D eigenvalue weighted by atomic mass is 35.5. The number of halogens is 2. The number of nitrogens with one attached hydrogen (secondary N) is 1. The fourth-order valence-electron chi connectivity index (χ4n) is 2.10. The van der Waals surface area contributed by atoms with Crippen molar-refractivity contribution >= 4 is 57.5 Å². The normalized spacial score (nSPS) is 11.5. The number of fused-ring (bicyclic) bond motifs is 1. The predicted octanol–water partition coefficient (Wildman–Crippen LogP) is 4.69. The van der Waals surface area contributed by atoms with Gasteiger partial charge in [-0.1, -0.05) is 23.2 Å². The molecule has 9 heteroatoms. The third-order valence-corrected chi connectivity index (χ3v) is 3.73. The number of aldehydes is 1. The summed E-state index contributed by atoms with van der Waals surface area (Å²) in [6, 6.07) is 9.01. The van der Waals surface area contributed by atoms with Gasteiger partial charge in [-0.15, -0.1) is 0 Å². The topological polar surface area (TPSA) is 98.3 Å². The van der Waals surface area contributed by atoms with Crippen molar-refractivity contribution in [2.24, 2.45) is 0 Å². The van der Waals surface area contributed by atoms with Crippen LogP contribution in [0.2, 0.25) is 10.0 Å². The van der Waals surface area contributed by atoms with Crippen molar-refractivity contribution in [3.05, 3.63) is 68.6 Å². The Kier molecular flexibility index (Phi) is 4.69. The van der Waals surface area contributed by atoms with Crippen LogP contribution in [-0.2, 0) is 4.79 Å². The minimum Gasteiger partial charge on any atom is -0.436 e. The van der Waals surface area contributed by atoms with E-state index in [0.717, 1.165) is 0 Å². The second-order valence-electron chi connectivity index (χ2n) is 4.91. The van der Waals surface area contributed by atoms with Crippen LogP contribution in [0.1, 0.15) is 5.89 Å². The van der Waals surface area contributed by atoms with E-state index < -0.39 is 4.92 Å². The average molecular weight is 378 g/mol. The molecule has 0 spiro atoms. The van der Waals surface area contributed by atoms with Crippen molar-refractivity contribution in [1.82, 2.24) is 4.98 Å². The maximum absolute atomic E-state index is 11.4. The second kappa shape index (κ2) is 6.92. The lowest BCUT2D eigenvalue weighted by atomic mass is 10.2. The van der Waals surface area contributed by atoms with Gasteiger partial charge >= 0.3 is 0 Å². The van der Waals surface area contributed by atoms with Gasteiger partial charge in [-0.3, -0.25) is 14.9 Å². The maximum Gasteiger partial charge on any atom is 0.294 e. The van der Waals surface area contributed by atoms with Gasteiger partial charge in [0.1, 0.15) is 11.2 Å². The minimum atomic E-state index is -0.579. The lowest BCUT2D eigenvalue weighted by Gasteiger charge is -2.03. The average Bonchev–Trinajstić information content (AvgIpc) is 2.99. The molecule has 25 heavy (non-hydrogen) atoms. The van der Waals surface area contributed by atoms with E-state index in [1.54, 1.807) is 18.2 Å². The molecule has 0 atom stereocenters. The Hall–Kier alpha value is -2.90. The molecule has 0 fully saturated rings. The van der Waals surface area contributed by atoms with Gasteiger partial charge in [0.25, 0.3) is 5.69 Å². The third kappa shape index (κ3) is 3.62. The Balaban J connectivity index is 1.95.